The largest absolute Gasteiger partial charge is 0.497 e. The number of carbonyl (C=O) groups excluding carboxylic acids is 2. The summed E-state index contributed by atoms with van der Waals surface area (Å²) in [5.74, 6) is -0.514. The number of benzene rings is 3. The van der Waals surface area contributed by atoms with E-state index in [0.717, 1.165) is 17.0 Å². The van der Waals surface area contributed by atoms with E-state index < -0.39 is 18.5 Å². The minimum atomic E-state index is -0.688. The van der Waals surface area contributed by atoms with Crippen molar-refractivity contribution in [2.24, 2.45) is 0 Å². The maximum absolute atomic E-state index is 12.3. The van der Waals surface area contributed by atoms with Gasteiger partial charge in [-0.2, -0.15) is 10.4 Å². The number of esters is 1. The van der Waals surface area contributed by atoms with Crippen LogP contribution in [0.3, 0.4) is 0 Å². The number of rotatable bonds is 8. The average molecular weight is 479 g/mol. The van der Waals surface area contributed by atoms with Gasteiger partial charge in [0.15, 0.2) is 6.61 Å². The number of hydrogen-bond donors (Lipinski definition) is 1. The first-order valence-electron chi connectivity index (χ1n) is 11.0. The summed E-state index contributed by atoms with van der Waals surface area (Å²) in [6.07, 6.45) is 4.65. The van der Waals surface area contributed by atoms with Gasteiger partial charge in [0.25, 0.3) is 5.91 Å². The van der Waals surface area contributed by atoms with Gasteiger partial charge in [0.05, 0.1) is 29.7 Å². The Morgan fingerprint density at radius 1 is 1.03 bits per heavy atom. The average Bonchev–Trinajstić information content (AvgIpc) is 3.36. The fourth-order valence-electron chi connectivity index (χ4n) is 3.41. The highest BCUT2D eigenvalue weighted by molar-refractivity contribution is 5.95. The molecule has 178 valence electrons. The van der Waals surface area contributed by atoms with Crippen molar-refractivity contribution in [3.8, 4) is 28.8 Å². The molecule has 8 nitrogen and oxygen atoms in total. The van der Waals surface area contributed by atoms with Crippen molar-refractivity contribution < 1.29 is 19.1 Å². The van der Waals surface area contributed by atoms with Crippen molar-refractivity contribution in [1.82, 2.24) is 9.78 Å². The van der Waals surface area contributed by atoms with E-state index in [9.17, 15) is 9.59 Å². The number of anilines is 1. The predicted molar refractivity (Wildman–Crippen MR) is 135 cm³/mol. The van der Waals surface area contributed by atoms with E-state index in [4.69, 9.17) is 19.8 Å². The van der Waals surface area contributed by atoms with Crippen LogP contribution in [0.25, 0.3) is 23.0 Å². The van der Waals surface area contributed by atoms with Gasteiger partial charge in [0.1, 0.15) is 11.8 Å². The quantitative estimate of drug-likeness (QED) is 0.293. The van der Waals surface area contributed by atoms with Crippen molar-refractivity contribution in [1.29, 1.82) is 5.26 Å². The molecule has 0 fully saturated rings. The second kappa shape index (κ2) is 11.3. The molecular formula is C28H22N4O4. The summed E-state index contributed by atoms with van der Waals surface area (Å²) in [7, 11) is 1.60. The van der Waals surface area contributed by atoms with Crippen molar-refractivity contribution in [2.75, 3.05) is 19.0 Å². The Kier molecular flexibility index (Phi) is 7.54. The number of amides is 1. The van der Waals surface area contributed by atoms with Crippen LogP contribution in [0.15, 0.2) is 91.1 Å². The van der Waals surface area contributed by atoms with E-state index in [-0.39, 0.29) is 0 Å². The van der Waals surface area contributed by atoms with Crippen LogP contribution in [0.5, 0.6) is 5.75 Å². The lowest BCUT2D eigenvalue weighted by Gasteiger charge is -2.06. The zero-order chi connectivity index (χ0) is 25.3. The maximum Gasteiger partial charge on any atom is 0.331 e. The molecule has 4 aromatic rings. The lowest BCUT2D eigenvalue weighted by atomic mass is 10.1. The molecule has 0 aliphatic rings. The second-order valence-electron chi connectivity index (χ2n) is 7.59. The van der Waals surface area contributed by atoms with Crippen molar-refractivity contribution in [2.45, 2.75) is 0 Å². The summed E-state index contributed by atoms with van der Waals surface area (Å²) >= 11 is 0. The Bertz CT molecular complexity index is 1430. The summed E-state index contributed by atoms with van der Waals surface area (Å²) in [6.45, 7) is -0.489. The normalized spacial score (nSPS) is 10.6. The number of methoxy groups -OCH3 is 1. The third kappa shape index (κ3) is 5.85. The molecule has 0 radical (unpaired) electrons. The number of nitrogens with one attached hydrogen (secondary N) is 1. The number of para-hydroxylation sites is 2. The molecule has 3 aromatic carbocycles. The first-order chi connectivity index (χ1) is 17.6. The summed E-state index contributed by atoms with van der Waals surface area (Å²) in [4.78, 5) is 24.5. The molecule has 1 aromatic heterocycles. The molecule has 0 bridgehead atoms. The minimum absolute atomic E-state index is 0.318. The van der Waals surface area contributed by atoms with E-state index in [1.165, 1.54) is 6.08 Å². The Labute approximate surface area is 208 Å². The van der Waals surface area contributed by atoms with E-state index >= 15 is 0 Å². The zero-order valence-corrected chi connectivity index (χ0v) is 19.4. The summed E-state index contributed by atoms with van der Waals surface area (Å²) in [5.41, 5.74) is 3.73. The Morgan fingerprint density at radius 2 is 1.75 bits per heavy atom. The number of ether oxygens (including phenoxy) is 2. The number of hydrogen-bond acceptors (Lipinski definition) is 6. The van der Waals surface area contributed by atoms with Crippen LogP contribution in [0.2, 0.25) is 0 Å². The summed E-state index contributed by atoms with van der Waals surface area (Å²) in [6, 6.07) is 25.6. The molecule has 0 saturated carbocycles. The Hall–Kier alpha value is -5.16. The van der Waals surface area contributed by atoms with Gasteiger partial charge < -0.3 is 14.8 Å². The molecular weight excluding hydrogens is 456 g/mol. The van der Waals surface area contributed by atoms with Crippen LogP contribution in [0.1, 0.15) is 11.1 Å². The topological polar surface area (TPSA) is 106 Å². The molecule has 4 rings (SSSR count). The highest BCUT2D eigenvalue weighted by atomic mass is 16.5. The van der Waals surface area contributed by atoms with Crippen LogP contribution in [-0.2, 0) is 14.3 Å². The Balaban J connectivity index is 1.48. The molecule has 0 atom stereocenters. The summed E-state index contributed by atoms with van der Waals surface area (Å²) < 4.78 is 12.0. The van der Waals surface area contributed by atoms with Crippen LogP contribution in [0, 0.1) is 11.3 Å². The molecule has 0 unspecified atom stereocenters. The van der Waals surface area contributed by atoms with Gasteiger partial charge >= 0.3 is 5.97 Å². The molecule has 0 spiro atoms. The van der Waals surface area contributed by atoms with Gasteiger partial charge in [-0.3, -0.25) is 4.79 Å². The van der Waals surface area contributed by atoms with E-state index in [2.05, 4.69) is 5.32 Å². The van der Waals surface area contributed by atoms with Gasteiger partial charge in [-0.15, -0.1) is 0 Å². The zero-order valence-electron chi connectivity index (χ0n) is 19.4. The van der Waals surface area contributed by atoms with Crippen LogP contribution in [-0.4, -0.2) is 35.4 Å². The number of carbonyl (C=O) groups is 2. The molecule has 1 amide bonds. The molecule has 0 aliphatic carbocycles. The third-order valence-electron chi connectivity index (χ3n) is 5.19. The lowest BCUT2D eigenvalue weighted by Crippen LogP contribution is -2.20. The molecule has 0 saturated heterocycles. The molecule has 1 heterocycles. The number of aromatic nitrogens is 2. The minimum Gasteiger partial charge on any atom is -0.497 e. The first-order valence-corrected chi connectivity index (χ1v) is 11.0. The number of nitrogens with zero attached hydrogens (tertiary/aromatic N) is 3. The van der Waals surface area contributed by atoms with Crippen LogP contribution >= 0.6 is 0 Å². The second-order valence-corrected chi connectivity index (χ2v) is 7.59. The molecule has 1 N–H and O–H groups in total. The van der Waals surface area contributed by atoms with Gasteiger partial charge in [-0.25, -0.2) is 9.48 Å². The fraction of sp³-hybridized carbons (Fsp3) is 0.0714. The fourth-order valence-corrected chi connectivity index (χ4v) is 3.41. The van der Waals surface area contributed by atoms with Gasteiger partial charge in [0.2, 0.25) is 0 Å². The van der Waals surface area contributed by atoms with Gasteiger partial charge in [-0.1, -0.05) is 30.3 Å². The SMILES string of the molecule is COc1ccc(-c2nn(-c3ccccc3)cc2C=CC(=O)OCC(=O)Nc2ccccc2C#N)cc1. The highest BCUT2D eigenvalue weighted by Crippen LogP contribution is 2.26. The summed E-state index contributed by atoms with van der Waals surface area (Å²) in [5, 5.41) is 16.4. The monoisotopic (exact) mass is 478 g/mol. The van der Waals surface area contributed by atoms with E-state index in [1.54, 1.807) is 42.1 Å². The maximum atomic E-state index is 12.3. The smallest absolute Gasteiger partial charge is 0.331 e. The lowest BCUT2D eigenvalue weighted by molar-refractivity contribution is -0.142. The molecule has 0 aliphatic heterocycles. The van der Waals surface area contributed by atoms with E-state index in [1.807, 2.05) is 66.9 Å². The highest BCUT2D eigenvalue weighted by Gasteiger charge is 2.12. The van der Waals surface area contributed by atoms with Crippen molar-refractivity contribution in [3.63, 3.8) is 0 Å². The first kappa shape index (κ1) is 24.0. The number of nitriles is 1. The van der Waals surface area contributed by atoms with Gasteiger partial charge in [-0.05, 0) is 54.6 Å². The molecule has 36 heavy (non-hydrogen) atoms. The molecule has 8 heteroatoms. The van der Waals surface area contributed by atoms with Crippen molar-refractivity contribution in [3.05, 3.63) is 102 Å². The Morgan fingerprint density at radius 3 is 2.47 bits per heavy atom. The van der Waals surface area contributed by atoms with Gasteiger partial charge in [0, 0.05) is 23.4 Å². The predicted octanol–water partition coefficient (Wildman–Crippen LogP) is 4.61. The standard InChI is InChI=1S/C28H22N4O4/c1-35-24-14-11-20(12-15-24)28-22(18-32(31-28)23-8-3-2-4-9-23)13-16-27(34)36-19-26(33)30-25-10-6-5-7-21(25)17-29/h2-16,18H,19H2,1H3,(H,30,33). The van der Waals surface area contributed by atoms with Crippen LogP contribution in [0.4, 0.5) is 5.69 Å². The van der Waals surface area contributed by atoms with Crippen LogP contribution < -0.4 is 10.1 Å². The third-order valence-corrected chi connectivity index (χ3v) is 5.19. The van der Waals surface area contributed by atoms with Crippen molar-refractivity contribution >= 4 is 23.6 Å². The van der Waals surface area contributed by atoms with E-state index in [0.29, 0.717) is 22.5 Å².